The minimum Gasteiger partial charge on any atom is -0.399 e. The van der Waals surface area contributed by atoms with Gasteiger partial charge in [-0.1, -0.05) is 24.3 Å². The molecule has 1 aliphatic heterocycles. The van der Waals surface area contributed by atoms with Crippen LogP contribution in [0.15, 0.2) is 47.4 Å². The monoisotopic (exact) mass is 274 g/mol. The molecular weight excluding hydrogens is 264 g/mol. The van der Waals surface area contributed by atoms with Gasteiger partial charge in [-0.2, -0.15) is 0 Å². The van der Waals surface area contributed by atoms with Gasteiger partial charge >= 0.3 is 0 Å². The maximum atomic E-state index is 12.0. The van der Waals surface area contributed by atoms with Crippen LogP contribution < -0.4 is 10.5 Å². The van der Waals surface area contributed by atoms with Gasteiger partial charge in [0.1, 0.15) is 4.90 Å². The van der Waals surface area contributed by atoms with Crippen LogP contribution in [0.3, 0.4) is 0 Å². The van der Waals surface area contributed by atoms with Gasteiger partial charge in [-0.05, 0) is 23.8 Å². The highest BCUT2D eigenvalue weighted by Gasteiger charge is 2.34. The number of nitrogens with one attached hydrogen (secondary N) is 1. The number of rotatable bonds is 1. The first-order valence-corrected chi connectivity index (χ1v) is 7.03. The fraction of sp³-hybridized carbons (Fsp3) is 0. The lowest BCUT2D eigenvalue weighted by Crippen LogP contribution is -2.20. The van der Waals surface area contributed by atoms with Crippen LogP contribution >= 0.6 is 0 Å². The van der Waals surface area contributed by atoms with Gasteiger partial charge in [0.25, 0.3) is 15.9 Å². The topological polar surface area (TPSA) is 89.3 Å². The van der Waals surface area contributed by atoms with Crippen molar-refractivity contribution in [1.82, 2.24) is 4.72 Å². The van der Waals surface area contributed by atoms with E-state index in [0.29, 0.717) is 16.8 Å². The lowest BCUT2D eigenvalue weighted by Gasteiger charge is -2.06. The zero-order valence-corrected chi connectivity index (χ0v) is 10.6. The minimum absolute atomic E-state index is 0.0322. The van der Waals surface area contributed by atoms with Gasteiger partial charge in [0, 0.05) is 11.3 Å². The number of fused-ring (bicyclic) bond motifs is 1. The summed E-state index contributed by atoms with van der Waals surface area (Å²) < 4.78 is 25.9. The summed E-state index contributed by atoms with van der Waals surface area (Å²) in [5.74, 6) is -0.590. The summed E-state index contributed by atoms with van der Waals surface area (Å²) in [4.78, 5) is 11.6. The van der Waals surface area contributed by atoms with Crippen molar-refractivity contribution in [3.63, 3.8) is 0 Å². The van der Waals surface area contributed by atoms with Crippen LogP contribution in [-0.4, -0.2) is 14.3 Å². The first-order valence-electron chi connectivity index (χ1n) is 5.55. The zero-order chi connectivity index (χ0) is 13.6. The van der Waals surface area contributed by atoms with Crippen LogP contribution in [0.1, 0.15) is 10.4 Å². The van der Waals surface area contributed by atoms with Crippen molar-refractivity contribution in [3.05, 3.63) is 48.0 Å². The minimum atomic E-state index is -3.77. The summed E-state index contributed by atoms with van der Waals surface area (Å²) in [6, 6.07) is 11.6. The molecule has 1 heterocycles. The number of benzene rings is 2. The second-order valence-corrected chi connectivity index (χ2v) is 5.86. The number of carbonyl (C=O) groups is 1. The predicted molar refractivity (Wildman–Crippen MR) is 70.9 cm³/mol. The molecule has 0 saturated heterocycles. The van der Waals surface area contributed by atoms with E-state index in [0.717, 1.165) is 0 Å². The Morgan fingerprint density at radius 1 is 0.947 bits per heavy atom. The molecule has 2 aromatic carbocycles. The van der Waals surface area contributed by atoms with Crippen LogP contribution in [-0.2, 0) is 10.0 Å². The van der Waals surface area contributed by atoms with E-state index in [1.54, 1.807) is 36.4 Å². The first kappa shape index (κ1) is 11.7. The summed E-state index contributed by atoms with van der Waals surface area (Å²) in [6.45, 7) is 0. The molecule has 0 saturated carbocycles. The molecule has 3 N–H and O–H groups in total. The number of sulfonamides is 1. The van der Waals surface area contributed by atoms with Crippen molar-refractivity contribution < 1.29 is 13.2 Å². The second-order valence-electron chi connectivity index (χ2n) is 4.24. The van der Waals surface area contributed by atoms with Crippen LogP contribution in [0.5, 0.6) is 0 Å². The van der Waals surface area contributed by atoms with E-state index in [-0.39, 0.29) is 10.5 Å². The van der Waals surface area contributed by atoms with E-state index in [2.05, 4.69) is 0 Å². The Morgan fingerprint density at radius 2 is 1.58 bits per heavy atom. The molecule has 0 aromatic heterocycles. The Labute approximate surface area is 110 Å². The van der Waals surface area contributed by atoms with E-state index in [9.17, 15) is 13.2 Å². The predicted octanol–water partition coefficient (Wildman–Crippen LogP) is 1.37. The Kier molecular flexibility index (Phi) is 2.36. The maximum Gasteiger partial charge on any atom is 0.266 e. The highest BCUT2D eigenvalue weighted by Crippen LogP contribution is 2.33. The molecular formula is C13H10N2O3S. The number of anilines is 1. The lowest BCUT2D eigenvalue weighted by atomic mass is 10.0. The summed E-state index contributed by atoms with van der Waals surface area (Å²) >= 11 is 0. The van der Waals surface area contributed by atoms with Crippen molar-refractivity contribution in [2.75, 3.05) is 5.73 Å². The number of hydrogen-bond donors (Lipinski definition) is 2. The van der Waals surface area contributed by atoms with E-state index in [1.807, 2.05) is 4.72 Å². The third-order valence-electron chi connectivity index (χ3n) is 2.98. The largest absolute Gasteiger partial charge is 0.399 e. The van der Waals surface area contributed by atoms with E-state index in [1.165, 1.54) is 6.07 Å². The molecule has 0 unspecified atom stereocenters. The van der Waals surface area contributed by atoms with Gasteiger partial charge in [0.15, 0.2) is 0 Å². The van der Waals surface area contributed by atoms with Crippen molar-refractivity contribution in [3.8, 4) is 11.1 Å². The molecule has 96 valence electrons. The Balaban J connectivity index is 2.31. The van der Waals surface area contributed by atoms with Crippen LogP contribution in [0.2, 0.25) is 0 Å². The van der Waals surface area contributed by atoms with Crippen LogP contribution in [0.4, 0.5) is 5.69 Å². The number of amides is 1. The van der Waals surface area contributed by atoms with E-state index < -0.39 is 15.9 Å². The van der Waals surface area contributed by atoms with Crippen molar-refractivity contribution in [1.29, 1.82) is 0 Å². The summed E-state index contributed by atoms with van der Waals surface area (Å²) in [5.41, 5.74) is 7.57. The molecule has 6 heteroatoms. The average molecular weight is 274 g/mol. The van der Waals surface area contributed by atoms with E-state index >= 15 is 0 Å². The smallest absolute Gasteiger partial charge is 0.266 e. The molecule has 1 amide bonds. The first-order chi connectivity index (χ1) is 8.99. The fourth-order valence-corrected chi connectivity index (χ4v) is 3.51. The SMILES string of the molecule is Nc1ccc(-c2cccc3c2S(=O)(=O)NC3=O)cc1. The van der Waals surface area contributed by atoms with Gasteiger partial charge in [-0.25, -0.2) is 13.1 Å². The van der Waals surface area contributed by atoms with Crippen molar-refractivity contribution >= 4 is 21.6 Å². The highest BCUT2D eigenvalue weighted by molar-refractivity contribution is 7.90. The van der Waals surface area contributed by atoms with Crippen LogP contribution in [0.25, 0.3) is 11.1 Å². The molecule has 0 radical (unpaired) electrons. The molecule has 3 rings (SSSR count). The summed E-state index contributed by atoms with van der Waals surface area (Å²) in [6.07, 6.45) is 0. The second kappa shape index (κ2) is 3.83. The molecule has 2 aromatic rings. The molecule has 5 nitrogen and oxygen atoms in total. The Bertz CT molecular complexity index is 780. The third kappa shape index (κ3) is 1.77. The highest BCUT2D eigenvalue weighted by atomic mass is 32.2. The van der Waals surface area contributed by atoms with Crippen molar-refractivity contribution in [2.45, 2.75) is 4.90 Å². The molecule has 0 fully saturated rings. The molecule has 1 aliphatic rings. The molecule has 0 atom stereocenters. The van der Waals surface area contributed by atoms with E-state index in [4.69, 9.17) is 5.73 Å². The van der Waals surface area contributed by atoms with Gasteiger partial charge in [-0.15, -0.1) is 0 Å². The Morgan fingerprint density at radius 3 is 2.26 bits per heavy atom. The van der Waals surface area contributed by atoms with Gasteiger partial charge in [0.05, 0.1) is 5.56 Å². The normalized spacial score (nSPS) is 15.9. The molecule has 19 heavy (non-hydrogen) atoms. The van der Waals surface area contributed by atoms with Crippen molar-refractivity contribution in [2.24, 2.45) is 0 Å². The number of hydrogen-bond acceptors (Lipinski definition) is 4. The standard InChI is InChI=1S/C13H10N2O3S/c14-9-6-4-8(5-7-9)10-2-1-3-11-12(10)19(17,18)15-13(11)16/h1-7H,14H2,(H,15,16). The van der Waals surface area contributed by atoms with Gasteiger partial charge in [-0.3, -0.25) is 4.79 Å². The number of carbonyl (C=O) groups excluding carboxylic acids is 1. The maximum absolute atomic E-state index is 12.0. The fourth-order valence-electron chi connectivity index (χ4n) is 2.12. The third-order valence-corrected chi connectivity index (χ3v) is 4.41. The molecule has 0 bridgehead atoms. The van der Waals surface area contributed by atoms with Gasteiger partial charge in [0.2, 0.25) is 0 Å². The average Bonchev–Trinajstić information content (AvgIpc) is 2.61. The molecule has 0 spiro atoms. The zero-order valence-electron chi connectivity index (χ0n) is 9.75. The number of nitrogen functional groups attached to an aromatic ring is 1. The summed E-state index contributed by atoms with van der Waals surface area (Å²) in [5, 5.41) is 0. The van der Waals surface area contributed by atoms with Crippen LogP contribution in [0, 0.1) is 0 Å². The quantitative estimate of drug-likeness (QED) is 0.768. The molecule has 0 aliphatic carbocycles. The summed E-state index contributed by atoms with van der Waals surface area (Å²) in [7, 11) is -3.77. The lowest BCUT2D eigenvalue weighted by molar-refractivity contribution is 0.0985. The number of nitrogens with two attached hydrogens (primary N) is 1. The Hall–Kier alpha value is -2.34. The van der Waals surface area contributed by atoms with Gasteiger partial charge < -0.3 is 5.73 Å².